The molecule has 7 nitrogen and oxygen atoms in total. The van der Waals surface area contributed by atoms with Crippen LogP contribution in [0, 0.1) is 0 Å². The van der Waals surface area contributed by atoms with Crippen LogP contribution in [0.4, 0.5) is 28.8 Å². The van der Waals surface area contributed by atoms with Crippen LogP contribution in [0.5, 0.6) is 5.75 Å². The van der Waals surface area contributed by atoms with E-state index in [-0.39, 0.29) is 0 Å². The van der Waals surface area contributed by atoms with Crippen molar-refractivity contribution in [2.45, 2.75) is 0 Å². The normalized spacial score (nSPS) is 14.5. The summed E-state index contributed by atoms with van der Waals surface area (Å²) in [4.78, 5) is 13.6. The summed E-state index contributed by atoms with van der Waals surface area (Å²) in [6, 6.07) is 18.0. The molecule has 2 aromatic carbocycles. The van der Waals surface area contributed by atoms with Crippen LogP contribution < -0.4 is 20.3 Å². The van der Waals surface area contributed by atoms with Crippen LogP contribution >= 0.6 is 0 Å². The van der Waals surface area contributed by atoms with Crippen molar-refractivity contribution in [3.8, 4) is 5.75 Å². The highest BCUT2D eigenvalue weighted by Crippen LogP contribution is 2.26. The largest absolute Gasteiger partial charge is 0.495 e. The molecule has 0 unspecified atom stereocenters. The van der Waals surface area contributed by atoms with Crippen molar-refractivity contribution in [2.75, 3.05) is 55.9 Å². The Kier molecular flexibility index (Phi) is 5.76. The molecule has 2 N–H and O–H groups in total. The quantitative estimate of drug-likeness (QED) is 0.665. The number of piperazine rings is 1. The van der Waals surface area contributed by atoms with Crippen LogP contribution in [0.15, 0.2) is 60.8 Å². The van der Waals surface area contributed by atoms with E-state index in [4.69, 9.17) is 4.74 Å². The summed E-state index contributed by atoms with van der Waals surface area (Å²) in [5.41, 5.74) is 3.07. The van der Waals surface area contributed by atoms with Crippen LogP contribution in [0.2, 0.25) is 0 Å². The van der Waals surface area contributed by atoms with Gasteiger partial charge in [-0.3, -0.25) is 0 Å². The maximum Gasteiger partial charge on any atom is 0.229 e. The third kappa shape index (κ3) is 4.75. The number of hydrogen-bond donors (Lipinski definition) is 2. The molecule has 0 aliphatic carbocycles. The summed E-state index contributed by atoms with van der Waals surface area (Å²) in [5.74, 6) is 1.98. The summed E-state index contributed by atoms with van der Waals surface area (Å²) in [6.45, 7) is 4.33. The molecule has 0 saturated carbocycles. The Labute approximate surface area is 171 Å². The molecular weight excluding hydrogens is 364 g/mol. The van der Waals surface area contributed by atoms with E-state index in [1.54, 1.807) is 13.3 Å². The molecule has 7 heteroatoms. The molecule has 0 atom stereocenters. The fourth-order valence-corrected chi connectivity index (χ4v) is 3.33. The number of methoxy groups -OCH3 is 1. The molecule has 0 radical (unpaired) electrons. The number of aromatic nitrogens is 2. The molecule has 3 aromatic rings. The first-order chi connectivity index (χ1) is 14.2. The molecular formula is C22H26N6O. The molecule has 1 aromatic heterocycles. The first-order valence-corrected chi connectivity index (χ1v) is 9.75. The first-order valence-electron chi connectivity index (χ1n) is 9.75. The number of hydrogen-bond acceptors (Lipinski definition) is 7. The van der Waals surface area contributed by atoms with E-state index in [1.807, 2.05) is 30.3 Å². The van der Waals surface area contributed by atoms with Gasteiger partial charge in [0.05, 0.1) is 12.8 Å². The lowest BCUT2D eigenvalue weighted by Crippen LogP contribution is -2.44. The number of nitrogens with zero attached hydrogens (tertiary/aromatic N) is 4. The number of nitrogens with one attached hydrogen (secondary N) is 2. The molecule has 0 spiro atoms. The number of ether oxygens (including phenoxy) is 1. The molecule has 2 heterocycles. The Bertz CT molecular complexity index is 938. The van der Waals surface area contributed by atoms with Gasteiger partial charge in [0.15, 0.2) is 0 Å². The van der Waals surface area contributed by atoms with Gasteiger partial charge in [0, 0.05) is 43.8 Å². The number of anilines is 5. The highest BCUT2D eigenvalue weighted by molar-refractivity contribution is 5.65. The molecule has 4 rings (SSSR count). The second kappa shape index (κ2) is 8.79. The monoisotopic (exact) mass is 390 g/mol. The zero-order chi connectivity index (χ0) is 20.1. The van der Waals surface area contributed by atoms with Crippen LogP contribution in [-0.4, -0.2) is 55.2 Å². The zero-order valence-electron chi connectivity index (χ0n) is 16.8. The fraction of sp³-hybridized carbons (Fsp3) is 0.273. The minimum absolute atomic E-state index is 0.508. The van der Waals surface area contributed by atoms with E-state index < -0.39 is 0 Å². The SMILES string of the molecule is COc1ccccc1Nc1nccc(Nc2ccc(N3CCN(C)CC3)cc2)n1. The average molecular weight is 390 g/mol. The van der Waals surface area contributed by atoms with Crippen LogP contribution in [0.1, 0.15) is 0 Å². The van der Waals surface area contributed by atoms with Gasteiger partial charge in [-0.05, 0) is 49.5 Å². The maximum atomic E-state index is 5.37. The van der Waals surface area contributed by atoms with Crippen LogP contribution in [0.3, 0.4) is 0 Å². The predicted octanol–water partition coefficient (Wildman–Crippen LogP) is 3.72. The predicted molar refractivity (Wildman–Crippen MR) is 118 cm³/mol. The Morgan fingerprint density at radius 1 is 0.897 bits per heavy atom. The molecule has 1 saturated heterocycles. The Morgan fingerprint density at radius 2 is 1.66 bits per heavy atom. The van der Waals surface area contributed by atoms with Crippen molar-refractivity contribution in [1.29, 1.82) is 0 Å². The minimum atomic E-state index is 0.508. The van der Waals surface area contributed by atoms with E-state index in [0.29, 0.717) is 5.95 Å². The third-order valence-electron chi connectivity index (χ3n) is 5.02. The maximum absolute atomic E-state index is 5.37. The van der Waals surface area contributed by atoms with Crippen LogP contribution in [-0.2, 0) is 0 Å². The van der Waals surface area contributed by atoms with Gasteiger partial charge in [-0.1, -0.05) is 12.1 Å². The van der Waals surface area contributed by atoms with Crippen molar-refractivity contribution in [2.24, 2.45) is 0 Å². The van der Waals surface area contributed by atoms with E-state index in [9.17, 15) is 0 Å². The Hall–Kier alpha value is -3.32. The van der Waals surface area contributed by atoms with Gasteiger partial charge < -0.3 is 25.2 Å². The number of para-hydroxylation sites is 2. The Balaban J connectivity index is 1.42. The van der Waals surface area contributed by atoms with Gasteiger partial charge in [0.2, 0.25) is 5.95 Å². The number of rotatable bonds is 6. The molecule has 1 aliphatic heterocycles. The summed E-state index contributed by atoms with van der Waals surface area (Å²) < 4.78 is 5.37. The lowest BCUT2D eigenvalue weighted by molar-refractivity contribution is 0.313. The zero-order valence-corrected chi connectivity index (χ0v) is 16.8. The van der Waals surface area contributed by atoms with Gasteiger partial charge in [0.25, 0.3) is 0 Å². The number of likely N-dealkylation sites (N-methyl/N-ethyl adjacent to an activating group) is 1. The molecule has 0 bridgehead atoms. The highest BCUT2D eigenvalue weighted by Gasteiger charge is 2.14. The van der Waals surface area contributed by atoms with Gasteiger partial charge in [0.1, 0.15) is 11.6 Å². The molecule has 29 heavy (non-hydrogen) atoms. The highest BCUT2D eigenvalue weighted by atomic mass is 16.5. The second-order valence-corrected chi connectivity index (χ2v) is 7.05. The standard InChI is InChI=1S/C22H26N6O/c1-27-13-15-28(16-14-27)18-9-7-17(8-10-18)24-21-11-12-23-22(26-21)25-19-5-3-4-6-20(19)29-2/h3-12H,13-16H2,1-2H3,(H2,23,24,25,26). The van der Waals surface area contributed by atoms with E-state index in [1.165, 1.54) is 5.69 Å². The van der Waals surface area contributed by atoms with E-state index in [2.05, 4.69) is 61.7 Å². The number of benzene rings is 2. The lowest BCUT2D eigenvalue weighted by Gasteiger charge is -2.34. The smallest absolute Gasteiger partial charge is 0.229 e. The van der Waals surface area contributed by atoms with Crippen molar-refractivity contribution in [3.05, 3.63) is 60.8 Å². The minimum Gasteiger partial charge on any atom is -0.495 e. The van der Waals surface area contributed by atoms with Crippen molar-refractivity contribution in [3.63, 3.8) is 0 Å². The summed E-state index contributed by atoms with van der Waals surface area (Å²) in [6.07, 6.45) is 1.73. The average Bonchev–Trinajstić information content (AvgIpc) is 2.76. The summed E-state index contributed by atoms with van der Waals surface area (Å²) >= 11 is 0. The Morgan fingerprint density at radius 3 is 2.41 bits per heavy atom. The molecule has 1 aliphatic rings. The third-order valence-corrected chi connectivity index (χ3v) is 5.02. The molecule has 1 fully saturated rings. The van der Waals surface area contributed by atoms with Crippen molar-refractivity contribution < 1.29 is 4.74 Å². The van der Waals surface area contributed by atoms with Gasteiger partial charge in [-0.2, -0.15) is 4.98 Å². The van der Waals surface area contributed by atoms with Crippen molar-refractivity contribution in [1.82, 2.24) is 14.9 Å². The van der Waals surface area contributed by atoms with Gasteiger partial charge in [-0.25, -0.2) is 4.98 Å². The van der Waals surface area contributed by atoms with Crippen LogP contribution in [0.25, 0.3) is 0 Å². The molecule has 0 amide bonds. The topological polar surface area (TPSA) is 65.6 Å². The van der Waals surface area contributed by atoms with Gasteiger partial charge >= 0.3 is 0 Å². The van der Waals surface area contributed by atoms with E-state index >= 15 is 0 Å². The van der Waals surface area contributed by atoms with Gasteiger partial charge in [-0.15, -0.1) is 0 Å². The van der Waals surface area contributed by atoms with E-state index in [0.717, 1.165) is 49.1 Å². The molecule has 150 valence electrons. The van der Waals surface area contributed by atoms with Crippen molar-refractivity contribution >= 4 is 28.8 Å². The summed E-state index contributed by atoms with van der Waals surface area (Å²) in [5, 5.41) is 6.55. The summed E-state index contributed by atoms with van der Waals surface area (Å²) in [7, 11) is 3.81. The fourth-order valence-electron chi connectivity index (χ4n) is 3.33. The second-order valence-electron chi connectivity index (χ2n) is 7.05. The first kappa shape index (κ1) is 19.0. The lowest BCUT2D eigenvalue weighted by atomic mass is 10.2.